The van der Waals surface area contributed by atoms with Crippen molar-refractivity contribution in [2.45, 2.75) is 37.7 Å². The summed E-state index contributed by atoms with van der Waals surface area (Å²) < 4.78 is 4.25. The number of Topliss-reactive ketones (excluding diaryl/α,β-unsaturated/α-hetero) is 1. The Labute approximate surface area is 160 Å². The molecule has 2 aromatic heterocycles. The van der Waals surface area contributed by atoms with Gasteiger partial charge in [0.1, 0.15) is 5.78 Å². The van der Waals surface area contributed by atoms with Crippen molar-refractivity contribution < 1.29 is 4.79 Å². The van der Waals surface area contributed by atoms with Crippen LogP contribution in [0.5, 0.6) is 0 Å². The molecule has 7 nitrogen and oxygen atoms in total. The van der Waals surface area contributed by atoms with Crippen LogP contribution in [-0.4, -0.2) is 29.7 Å². The van der Waals surface area contributed by atoms with E-state index in [1.807, 2.05) is 31.2 Å². The van der Waals surface area contributed by atoms with Crippen LogP contribution in [0.3, 0.4) is 0 Å². The van der Waals surface area contributed by atoms with Gasteiger partial charge in [0.25, 0.3) is 5.56 Å². The third-order valence-electron chi connectivity index (χ3n) is 4.63. The smallest absolute Gasteiger partial charge is 0.309 e. The van der Waals surface area contributed by atoms with E-state index >= 15 is 0 Å². The molecule has 0 aliphatic carbocycles. The molecule has 3 rings (SSSR count). The third kappa shape index (κ3) is 3.49. The van der Waals surface area contributed by atoms with E-state index in [0.29, 0.717) is 22.9 Å². The van der Waals surface area contributed by atoms with Gasteiger partial charge in [0.2, 0.25) is 0 Å². The number of benzene rings is 1. The van der Waals surface area contributed by atoms with Gasteiger partial charge >= 0.3 is 5.69 Å². The van der Waals surface area contributed by atoms with Crippen LogP contribution in [0, 0.1) is 6.92 Å². The maximum atomic E-state index is 12.8. The lowest BCUT2D eigenvalue weighted by molar-refractivity contribution is -0.116. The van der Waals surface area contributed by atoms with Crippen LogP contribution in [0.25, 0.3) is 11.2 Å². The number of carbonyl (C=O) groups is 1. The quantitative estimate of drug-likeness (QED) is 0.626. The highest BCUT2D eigenvalue weighted by Gasteiger charge is 2.22. The largest absolute Gasteiger partial charge is 0.332 e. The molecule has 0 aliphatic rings. The maximum Gasteiger partial charge on any atom is 0.332 e. The molecule has 0 unspecified atom stereocenters. The summed E-state index contributed by atoms with van der Waals surface area (Å²) in [5.41, 5.74) is 2.02. The molecule has 0 aliphatic heterocycles. The highest BCUT2D eigenvalue weighted by Crippen LogP contribution is 2.27. The first-order valence-corrected chi connectivity index (χ1v) is 9.47. The zero-order chi connectivity index (χ0) is 19.9. The van der Waals surface area contributed by atoms with Crippen LogP contribution in [0.15, 0.2) is 39.0 Å². The maximum absolute atomic E-state index is 12.8. The normalized spacial score (nSPS) is 12.5. The number of hydrogen-bond donors (Lipinski definition) is 0. The summed E-state index contributed by atoms with van der Waals surface area (Å²) in [6.07, 6.45) is 0. The van der Waals surface area contributed by atoms with Crippen molar-refractivity contribution in [1.82, 2.24) is 18.7 Å². The van der Waals surface area contributed by atoms with Gasteiger partial charge in [-0.15, -0.1) is 0 Å². The summed E-state index contributed by atoms with van der Waals surface area (Å²) in [6, 6.07) is 8.01. The molecular formula is C19H22N4O3S. The van der Waals surface area contributed by atoms with Gasteiger partial charge in [-0.3, -0.25) is 18.7 Å². The Kier molecular flexibility index (Phi) is 5.10. The average molecular weight is 386 g/mol. The van der Waals surface area contributed by atoms with Crippen LogP contribution >= 0.6 is 11.8 Å². The number of fused-ring (bicyclic) bond motifs is 1. The first-order chi connectivity index (χ1) is 12.7. The first kappa shape index (κ1) is 19.2. The lowest BCUT2D eigenvalue weighted by atomic mass is 10.1. The van der Waals surface area contributed by atoms with Crippen molar-refractivity contribution >= 4 is 28.7 Å². The lowest BCUT2D eigenvalue weighted by Gasteiger charge is -2.11. The van der Waals surface area contributed by atoms with Gasteiger partial charge in [-0.2, -0.15) is 0 Å². The minimum absolute atomic E-state index is 0.0238. The Morgan fingerprint density at radius 2 is 1.78 bits per heavy atom. The zero-order valence-electron chi connectivity index (χ0n) is 16.0. The average Bonchev–Trinajstić information content (AvgIpc) is 2.98. The Balaban J connectivity index is 2.26. The van der Waals surface area contributed by atoms with E-state index in [1.54, 1.807) is 18.5 Å². The van der Waals surface area contributed by atoms with Crippen molar-refractivity contribution in [3.8, 4) is 0 Å². The Morgan fingerprint density at radius 3 is 2.37 bits per heavy atom. The summed E-state index contributed by atoms with van der Waals surface area (Å²) in [7, 11) is 3.05. The summed E-state index contributed by atoms with van der Waals surface area (Å²) >= 11 is 1.29. The van der Waals surface area contributed by atoms with Gasteiger partial charge in [0.15, 0.2) is 16.3 Å². The van der Waals surface area contributed by atoms with Gasteiger partial charge < -0.3 is 4.57 Å². The van der Waals surface area contributed by atoms with Crippen molar-refractivity contribution in [1.29, 1.82) is 0 Å². The van der Waals surface area contributed by atoms with E-state index in [0.717, 1.165) is 15.7 Å². The molecule has 2 heterocycles. The van der Waals surface area contributed by atoms with E-state index < -0.39 is 11.2 Å². The molecule has 1 aromatic carbocycles. The molecule has 1 atom stereocenters. The minimum atomic E-state index is -0.427. The van der Waals surface area contributed by atoms with Crippen molar-refractivity contribution in [2.75, 3.05) is 0 Å². The van der Waals surface area contributed by atoms with Gasteiger partial charge in [0, 0.05) is 14.1 Å². The van der Waals surface area contributed by atoms with Crippen LogP contribution < -0.4 is 11.2 Å². The molecule has 27 heavy (non-hydrogen) atoms. The Morgan fingerprint density at radius 1 is 1.15 bits per heavy atom. The highest BCUT2D eigenvalue weighted by molar-refractivity contribution is 8.00. The zero-order valence-corrected chi connectivity index (χ0v) is 16.8. The van der Waals surface area contributed by atoms with E-state index in [2.05, 4.69) is 4.98 Å². The second kappa shape index (κ2) is 7.19. The molecular weight excluding hydrogens is 364 g/mol. The van der Waals surface area contributed by atoms with Crippen molar-refractivity contribution in [2.24, 2.45) is 14.1 Å². The number of hydrogen-bond acceptors (Lipinski definition) is 5. The Hall–Kier alpha value is -2.61. The molecule has 0 N–H and O–H groups in total. The first-order valence-electron chi connectivity index (χ1n) is 8.59. The predicted molar refractivity (Wildman–Crippen MR) is 106 cm³/mol. The van der Waals surface area contributed by atoms with E-state index in [-0.39, 0.29) is 11.0 Å². The van der Waals surface area contributed by atoms with Crippen molar-refractivity contribution in [3.05, 3.63) is 56.2 Å². The summed E-state index contributed by atoms with van der Waals surface area (Å²) in [5.74, 6) is 0.0238. The summed E-state index contributed by atoms with van der Waals surface area (Å²) in [6.45, 7) is 5.77. The van der Waals surface area contributed by atoms with E-state index in [1.165, 1.54) is 30.3 Å². The number of rotatable bonds is 5. The number of nitrogens with zero attached hydrogens (tertiary/aromatic N) is 4. The number of imidazole rings is 1. The number of thioether (sulfide) groups is 1. The molecule has 0 saturated heterocycles. The topological polar surface area (TPSA) is 78.9 Å². The van der Waals surface area contributed by atoms with Gasteiger partial charge in [-0.05, 0) is 26.3 Å². The molecule has 0 bridgehead atoms. The molecule has 3 aromatic rings. The van der Waals surface area contributed by atoms with Gasteiger partial charge in [0.05, 0.1) is 11.8 Å². The minimum Gasteiger partial charge on any atom is -0.309 e. The van der Waals surface area contributed by atoms with E-state index in [4.69, 9.17) is 0 Å². The van der Waals surface area contributed by atoms with Gasteiger partial charge in [-0.25, -0.2) is 9.78 Å². The number of aryl methyl sites for hydroxylation is 2. The summed E-state index contributed by atoms with van der Waals surface area (Å²) in [5, 5.41) is 0.242. The molecule has 0 spiro atoms. The highest BCUT2D eigenvalue weighted by atomic mass is 32.2. The molecule has 0 amide bonds. The van der Waals surface area contributed by atoms with Crippen molar-refractivity contribution in [3.63, 3.8) is 0 Å². The number of carbonyl (C=O) groups excluding carboxylic acids is 1. The molecule has 0 saturated carbocycles. The monoisotopic (exact) mass is 386 g/mol. The van der Waals surface area contributed by atoms with Crippen LogP contribution in [0.4, 0.5) is 0 Å². The third-order valence-corrected chi connectivity index (χ3v) is 5.84. The van der Waals surface area contributed by atoms with Crippen LogP contribution in [0.1, 0.15) is 25.0 Å². The lowest BCUT2D eigenvalue weighted by Crippen LogP contribution is -2.37. The van der Waals surface area contributed by atoms with Gasteiger partial charge in [-0.1, -0.05) is 41.6 Å². The molecule has 142 valence electrons. The van der Waals surface area contributed by atoms with Crippen LogP contribution in [-0.2, 0) is 25.4 Å². The fraction of sp³-hybridized carbons (Fsp3) is 0.368. The molecule has 0 radical (unpaired) electrons. The SMILES string of the molecule is CC(=O)[C@H](C)Sc1nc2c(c(=O)n(C)c(=O)n2C)n1Cc1ccc(C)cc1. The summed E-state index contributed by atoms with van der Waals surface area (Å²) in [4.78, 5) is 41.3. The fourth-order valence-corrected chi connectivity index (χ4v) is 3.68. The standard InChI is InChI=1S/C19H22N4O3S/c1-11-6-8-14(9-7-11)10-23-15-16(20-18(23)27-13(3)12(2)24)21(4)19(26)22(5)17(15)25/h6-9,13H,10H2,1-5H3/t13-/m0/s1. The second-order valence-electron chi connectivity index (χ2n) is 6.71. The van der Waals surface area contributed by atoms with Crippen LogP contribution in [0.2, 0.25) is 0 Å². The fourth-order valence-electron chi connectivity index (χ4n) is 2.78. The molecule has 0 fully saturated rings. The number of ketones is 1. The molecule has 8 heteroatoms. The number of aromatic nitrogens is 4. The Bertz CT molecular complexity index is 1140. The van der Waals surface area contributed by atoms with E-state index in [9.17, 15) is 14.4 Å². The second-order valence-corrected chi connectivity index (χ2v) is 8.02. The predicted octanol–water partition coefficient (Wildman–Crippen LogP) is 1.86.